The Morgan fingerprint density at radius 1 is 1.35 bits per heavy atom. The van der Waals surface area contributed by atoms with Crippen molar-refractivity contribution in [2.75, 3.05) is 11.9 Å². The lowest BCUT2D eigenvalue weighted by molar-refractivity contribution is -0.133. The molecule has 1 atom stereocenters. The number of amides is 4. The van der Waals surface area contributed by atoms with E-state index in [1.165, 1.54) is 13.0 Å². The summed E-state index contributed by atoms with van der Waals surface area (Å²) < 4.78 is 32.3. The Hall–Kier alpha value is -3.30. The number of carbonyl (C=O) groups is 3. The number of hydrogen-bond acceptors (Lipinski definition) is 5. The van der Waals surface area contributed by atoms with E-state index in [-0.39, 0.29) is 11.4 Å². The summed E-state index contributed by atoms with van der Waals surface area (Å²) >= 11 is 0. The number of benzene rings is 1. The maximum Gasteiger partial charge on any atom is 0.325 e. The largest absolute Gasteiger partial charge is 0.360 e. The Balaban J connectivity index is 1.80. The fraction of sp³-hybridized carbons (Fsp3) is 0.250. The Morgan fingerprint density at radius 2 is 2.08 bits per heavy atom. The van der Waals surface area contributed by atoms with Crippen molar-refractivity contribution in [1.82, 2.24) is 15.4 Å². The first-order valence-electron chi connectivity index (χ1n) is 7.53. The molecule has 2 heterocycles. The van der Waals surface area contributed by atoms with Crippen LogP contribution in [0.25, 0.3) is 0 Å². The van der Waals surface area contributed by atoms with Gasteiger partial charge in [0.1, 0.15) is 29.5 Å². The lowest BCUT2D eigenvalue weighted by Crippen LogP contribution is -2.42. The number of halogens is 2. The minimum atomic E-state index is -1.83. The maximum absolute atomic E-state index is 14.1. The third-order valence-corrected chi connectivity index (χ3v) is 3.94. The van der Waals surface area contributed by atoms with Crippen LogP contribution in [-0.4, -0.2) is 34.4 Å². The van der Waals surface area contributed by atoms with E-state index in [1.807, 2.05) is 0 Å². The number of aryl methyl sites for hydroxylation is 1. The number of rotatable bonds is 4. The smallest absolute Gasteiger partial charge is 0.325 e. The van der Waals surface area contributed by atoms with Gasteiger partial charge in [0.2, 0.25) is 5.91 Å². The van der Waals surface area contributed by atoms with Crippen molar-refractivity contribution in [2.45, 2.75) is 19.4 Å². The van der Waals surface area contributed by atoms with Gasteiger partial charge >= 0.3 is 6.03 Å². The number of imide groups is 1. The number of urea groups is 1. The van der Waals surface area contributed by atoms with Crippen molar-refractivity contribution < 1.29 is 27.7 Å². The fourth-order valence-electron chi connectivity index (χ4n) is 2.66. The Morgan fingerprint density at radius 3 is 2.73 bits per heavy atom. The fourth-order valence-corrected chi connectivity index (χ4v) is 2.66. The average molecular weight is 364 g/mol. The van der Waals surface area contributed by atoms with E-state index >= 15 is 0 Å². The molecular weight excluding hydrogens is 350 g/mol. The van der Waals surface area contributed by atoms with Crippen LogP contribution in [0.5, 0.6) is 0 Å². The molecule has 3 rings (SSSR count). The van der Waals surface area contributed by atoms with Crippen molar-refractivity contribution >= 4 is 23.7 Å². The number of nitrogens with zero attached hydrogens (tertiary/aromatic N) is 2. The van der Waals surface area contributed by atoms with Crippen molar-refractivity contribution in [2.24, 2.45) is 0 Å². The van der Waals surface area contributed by atoms with Gasteiger partial charge in [0.25, 0.3) is 5.91 Å². The number of aromatic nitrogens is 1. The summed E-state index contributed by atoms with van der Waals surface area (Å²) in [5, 5.41) is 8.23. The van der Waals surface area contributed by atoms with E-state index in [1.54, 1.807) is 6.92 Å². The number of nitrogens with one attached hydrogen (secondary N) is 2. The van der Waals surface area contributed by atoms with E-state index in [4.69, 9.17) is 4.52 Å². The van der Waals surface area contributed by atoms with Crippen LogP contribution in [-0.2, 0) is 15.1 Å². The second-order valence-electron chi connectivity index (χ2n) is 5.94. The summed E-state index contributed by atoms with van der Waals surface area (Å²) in [5.41, 5.74) is -2.15. The number of anilines is 1. The second-order valence-corrected chi connectivity index (χ2v) is 5.94. The van der Waals surface area contributed by atoms with E-state index in [9.17, 15) is 23.2 Å². The van der Waals surface area contributed by atoms with Crippen LogP contribution in [0.3, 0.4) is 0 Å². The molecule has 1 aliphatic heterocycles. The first-order chi connectivity index (χ1) is 12.2. The molecule has 1 aromatic heterocycles. The van der Waals surface area contributed by atoms with Crippen LogP contribution in [0.4, 0.5) is 19.4 Å². The molecule has 2 aromatic rings. The average Bonchev–Trinajstić information content (AvgIpc) is 3.06. The summed E-state index contributed by atoms with van der Waals surface area (Å²) in [6.45, 7) is 2.24. The third-order valence-electron chi connectivity index (χ3n) is 3.94. The van der Waals surface area contributed by atoms with Gasteiger partial charge in [0.05, 0.1) is 0 Å². The van der Waals surface area contributed by atoms with Crippen LogP contribution in [0.2, 0.25) is 0 Å². The van der Waals surface area contributed by atoms with Crippen molar-refractivity contribution in [3.8, 4) is 0 Å². The minimum Gasteiger partial charge on any atom is -0.360 e. The molecule has 0 bridgehead atoms. The zero-order valence-electron chi connectivity index (χ0n) is 13.8. The van der Waals surface area contributed by atoms with Gasteiger partial charge in [-0.15, -0.1) is 0 Å². The van der Waals surface area contributed by atoms with Gasteiger partial charge in [-0.25, -0.2) is 13.6 Å². The molecule has 26 heavy (non-hydrogen) atoms. The first-order valence-corrected chi connectivity index (χ1v) is 7.53. The number of carbonyl (C=O) groups excluding carboxylic acids is 3. The molecule has 136 valence electrons. The lowest BCUT2D eigenvalue weighted by Gasteiger charge is -2.22. The van der Waals surface area contributed by atoms with E-state index in [0.717, 1.165) is 18.2 Å². The molecule has 0 radical (unpaired) electrons. The Labute approximate surface area is 146 Å². The zero-order chi connectivity index (χ0) is 19.1. The summed E-state index contributed by atoms with van der Waals surface area (Å²) in [7, 11) is 0. The normalized spacial score (nSPS) is 19.6. The summed E-state index contributed by atoms with van der Waals surface area (Å²) in [6.07, 6.45) is 0. The van der Waals surface area contributed by atoms with Gasteiger partial charge in [-0.2, -0.15) is 0 Å². The Kier molecular flexibility index (Phi) is 4.18. The van der Waals surface area contributed by atoms with Crippen molar-refractivity contribution in [1.29, 1.82) is 0 Å². The molecule has 1 aromatic carbocycles. The molecule has 0 unspecified atom stereocenters. The van der Waals surface area contributed by atoms with Gasteiger partial charge in [-0.3, -0.25) is 14.5 Å². The zero-order valence-corrected chi connectivity index (χ0v) is 13.8. The molecule has 0 spiro atoms. The van der Waals surface area contributed by atoms with Gasteiger partial charge in [0.15, 0.2) is 5.82 Å². The SMILES string of the molecule is Cc1cc(NC(=O)CN2C(=O)N[C@](C)(c3cc(F)ccc3F)C2=O)no1. The monoisotopic (exact) mass is 364 g/mol. The van der Waals surface area contributed by atoms with Crippen LogP contribution >= 0.6 is 0 Å². The predicted molar refractivity (Wildman–Crippen MR) is 83.8 cm³/mol. The van der Waals surface area contributed by atoms with Crippen molar-refractivity contribution in [3.63, 3.8) is 0 Å². The van der Waals surface area contributed by atoms with Gasteiger partial charge in [-0.05, 0) is 32.0 Å². The molecule has 4 amide bonds. The molecular formula is C16H14F2N4O4. The van der Waals surface area contributed by atoms with E-state index in [2.05, 4.69) is 15.8 Å². The summed E-state index contributed by atoms with van der Waals surface area (Å²) in [5.74, 6) is -2.61. The lowest BCUT2D eigenvalue weighted by atomic mass is 9.91. The van der Waals surface area contributed by atoms with Crippen LogP contribution < -0.4 is 10.6 Å². The van der Waals surface area contributed by atoms with Crippen LogP contribution in [0.15, 0.2) is 28.8 Å². The standard InChI is InChI=1S/C16H14F2N4O4/c1-8-5-12(21-26-8)19-13(23)7-22-14(24)16(2,20-15(22)25)10-6-9(17)3-4-11(10)18/h3-6H,7H2,1-2H3,(H,20,25)(H,19,21,23)/t16-/m1/s1. The molecule has 0 saturated carbocycles. The predicted octanol–water partition coefficient (Wildman–Crippen LogP) is 1.67. The summed E-state index contributed by atoms with van der Waals surface area (Å²) in [4.78, 5) is 37.4. The maximum atomic E-state index is 14.1. The topological polar surface area (TPSA) is 105 Å². The highest BCUT2D eigenvalue weighted by Crippen LogP contribution is 2.31. The second kappa shape index (κ2) is 6.21. The highest BCUT2D eigenvalue weighted by atomic mass is 19.1. The van der Waals surface area contributed by atoms with Crippen molar-refractivity contribution in [3.05, 3.63) is 47.2 Å². The highest BCUT2D eigenvalue weighted by Gasteiger charge is 2.50. The molecule has 10 heteroatoms. The third kappa shape index (κ3) is 3.01. The summed E-state index contributed by atoms with van der Waals surface area (Å²) in [6, 6.07) is 3.14. The molecule has 2 N–H and O–H groups in total. The minimum absolute atomic E-state index is 0.124. The molecule has 0 aliphatic carbocycles. The van der Waals surface area contributed by atoms with Gasteiger partial charge in [0, 0.05) is 11.6 Å². The first kappa shape index (κ1) is 17.5. The van der Waals surface area contributed by atoms with Crippen LogP contribution in [0, 0.1) is 18.6 Å². The molecule has 8 nitrogen and oxygen atoms in total. The molecule has 1 aliphatic rings. The molecule has 1 saturated heterocycles. The van der Waals surface area contributed by atoms with E-state index in [0.29, 0.717) is 10.7 Å². The van der Waals surface area contributed by atoms with Gasteiger partial charge < -0.3 is 15.2 Å². The van der Waals surface area contributed by atoms with E-state index < -0.39 is 41.6 Å². The molecule has 1 fully saturated rings. The number of hydrogen-bond donors (Lipinski definition) is 2. The van der Waals surface area contributed by atoms with Gasteiger partial charge in [-0.1, -0.05) is 5.16 Å². The quantitative estimate of drug-likeness (QED) is 0.803. The highest BCUT2D eigenvalue weighted by molar-refractivity contribution is 6.10. The Bertz CT molecular complexity index is 913. The van der Waals surface area contributed by atoms with Crippen LogP contribution in [0.1, 0.15) is 18.2 Å².